The van der Waals surface area contributed by atoms with Crippen LogP contribution in [0.4, 0.5) is 10.2 Å². The van der Waals surface area contributed by atoms with E-state index >= 15 is 0 Å². The van der Waals surface area contributed by atoms with Gasteiger partial charge < -0.3 is 5.73 Å². The normalized spacial score (nSPS) is 11.9. The molecule has 0 unspecified atom stereocenters. The van der Waals surface area contributed by atoms with Gasteiger partial charge in [0.05, 0.1) is 11.1 Å². The van der Waals surface area contributed by atoms with Gasteiger partial charge in [-0.2, -0.15) is 0 Å². The summed E-state index contributed by atoms with van der Waals surface area (Å²) in [4.78, 5) is 19.4. The van der Waals surface area contributed by atoms with Crippen LogP contribution in [0.5, 0.6) is 0 Å². The molecule has 4 aromatic heterocycles. The van der Waals surface area contributed by atoms with Crippen LogP contribution in [-0.4, -0.2) is 38.3 Å². The molecule has 160 valence electrons. The molecular formula is C21H15FN6O3S. The van der Waals surface area contributed by atoms with Crippen LogP contribution in [0.2, 0.25) is 0 Å². The Hall–Kier alpha value is -4.12. The Balaban J connectivity index is 1.78. The zero-order chi connectivity index (χ0) is 22.6. The molecule has 0 spiro atoms. The number of fused-ring (bicyclic) bond motifs is 2. The van der Waals surface area contributed by atoms with Gasteiger partial charge in [0.25, 0.3) is 10.0 Å². The molecule has 0 aliphatic rings. The van der Waals surface area contributed by atoms with Crippen LogP contribution >= 0.6 is 0 Å². The standard InChI is InChI=1S/C21H15FN6O3S/c1-12-2-4-15(5-3-12)32(30,31)28-10-17(16-7-14(22)8-24-21(16)28)20-25-19(23)18-6-13(11-29)9-27(18)26-20/h2-11H,1H3,(H2,23,25,26). The van der Waals surface area contributed by atoms with E-state index in [0.717, 1.165) is 21.8 Å². The first-order valence-corrected chi connectivity index (χ1v) is 10.8. The van der Waals surface area contributed by atoms with Gasteiger partial charge in [-0.15, -0.1) is 5.10 Å². The summed E-state index contributed by atoms with van der Waals surface area (Å²) < 4.78 is 43.1. The molecule has 2 N–H and O–H groups in total. The maximum absolute atomic E-state index is 14.1. The van der Waals surface area contributed by atoms with Crippen molar-refractivity contribution in [2.75, 3.05) is 5.73 Å². The molecule has 0 aliphatic heterocycles. The third-order valence-electron chi connectivity index (χ3n) is 5.05. The maximum atomic E-state index is 14.1. The first-order valence-electron chi connectivity index (χ1n) is 9.38. The van der Waals surface area contributed by atoms with E-state index in [9.17, 15) is 17.6 Å². The predicted octanol–water partition coefficient (Wildman–Crippen LogP) is 2.83. The first-order chi connectivity index (χ1) is 15.3. The average molecular weight is 450 g/mol. The van der Waals surface area contributed by atoms with E-state index in [-0.39, 0.29) is 33.1 Å². The van der Waals surface area contributed by atoms with Crippen molar-refractivity contribution in [2.24, 2.45) is 0 Å². The van der Waals surface area contributed by atoms with Gasteiger partial charge in [0.1, 0.15) is 11.3 Å². The van der Waals surface area contributed by atoms with Crippen molar-refractivity contribution in [3.05, 3.63) is 71.9 Å². The minimum atomic E-state index is -4.04. The van der Waals surface area contributed by atoms with Crippen molar-refractivity contribution in [3.63, 3.8) is 0 Å². The van der Waals surface area contributed by atoms with Crippen molar-refractivity contribution in [1.82, 2.24) is 23.6 Å². The highest BCUT2D eigenvalue weighted by molar-refractivity contribution is 7.90. The number of nitrogens with two attached hydrogens (primary N) is 1. The highest BCUT2D eigenvalue weighted by atomic mass is 32.2. The van der Waals surface area contributed by atoms with Gasteiger partial charge in [-0.05, 0) is 31.2 Å². The van der Waals surface area contributed by atoms with Crippen molar-refractivity contribution < 1.29 is 17.6 Å². The van der Waals surface area contributed by atoms with E-state index in [1.54, 1.807) is 12.1 Å². The number of hydrogen-bond acceptors (Lipinski definition) is 7. The van der Waals surface area contributed by atoms with Gasteiger partial charge in [0, 0.05) is 28.9 Å². The van der Waals surface area contributed by atoms with Gasteiger partial charge in [-0.3, -0.25) is 4.79 Å². The number of carbonyl (C=O) groups excluding carboxylic acids is 1. The number of nitrogens with zero attached hydrogens (tertiary/aromatic N) is 5. The number of aldehydes is 1. The lowest BCUT2D eigenvalue weighted by atomic mass is 10.2. The third kappa shape index (κ3) is 3.02. The molecular weight excluding hydrogens is 435 g/mol. The Kier molecular flexibility index (Phi) is 4.31. The Bertz CT molecular complexity index is 1640. The fourth-order valence-electron chi connectivity index (χ4n) is 3.46. The molecule has 11 heteroatoms. The topological polar surface area (TPSA) is 125 Å². The predicted molar refractivity (Wildman–Crippen MR) is 115 cm³/mol. The SMILES string of the molecule is Cc1ccc(S(=O)(=O)n2cc(-c3nc(N)c4cc(C=O)cn4n3)c3cc(F)cnc32)cc1. The van der Waals surface area contributed by atoms with E-state index in [2.05, 4.69) is 15.1 Å². The summed E-state index contributed by atoms with van der Waals surface area (Å²) in [7, 11) is -4.04. The van der Waals surface area contributed by atoms with Crippen LogP contribution in [0.25, 0.3) is 27.9 Å². The Labute approximate surface area is 181 Å². The number of nitrogen functional groups attached to an aromatic ring is 1. The molecule has 0 saturated carbocycles. The molecule has 0 amide bonds. The van der Waals surface area contributed by atoms with Crippen molar-refractivity contribution in [3.8, 4) is 11.4 Å². The van der Waals surface area contributed by atoms with Crippen LogP contribution in [0.15, 0.2) is 59.9 Å². The molecule has 0 atom stereocenters. The molecule has 0 aliphatic carbocycles. The van der Waals surface area contributed by atoms with Crippen LogP contribution in [0, 0.1) is 12.7 Å². The molecule has 5 rings (SSSR count). The second-order valence-electron chi connectivity index (χ2n) is 7.22. The smallest absolute Gasteiger partial charge is 0.269 e. The largest absolute Gasteiger partial charge is 0.382 e. The lowest BCUT2D eigenvalue weighted by molar-refractivity contribution is 0.112. The highest BCUT2D eigenvalue weighted by Crippen LogP contribution is 2.31. The van der Waals surface area contributed by atoms with Crippen molar-refractivity contribution >= 4 is 38.7 Å². The molecule has 0 fully saturated rings. The number of anilines is 1. The number of benzene rings is 1. The molecule has 0 bridgehead atoms. The summed E-state index contributed by atoms with van der Waals surface area (Å²) in [5.41, 5.74) is 7.93. The highest BCUT2D eigenvalue weighted by Gasteiger charge is 2.24. The Morgan fingerprint density at radius 1 is 1.12 bits per heavy atom. The van der Waals surface area contributed by atoms with Gasteiger partial charge in [-0.1, -0.05) is 17.7 Å². The summed E-state index contributed by atoms with van der Waals surface area (Å²) >= 11 is 0. The third-order valence-corrected chi connectivity index (χ3v) is 6.71. The number of hydrogen-bond donors (Lipinski definition) is 1. The van der Waals surface area contributed by atoms with E-state index in [1.165, 1.54) is 35.1 Å². The lowest BCUT2D eigenvalue weighted by Crippen LogP contribution is -2.12. The minimum absolute atomic E-state index is 0.0188. The second kappa shape index (κ2) is 6.95. The number of aromatic nitrogens is 5. The minimum Gasteiger partial charge on any atom is -0.382 e. The molecule has 0 saturated heterocycles. The van der Waals surface area contributed by atoms with Crippen molar-refractivity contribution in [1.29, 1.82) is 0 Å². The molecule has 4 heterocycles. The van der Waals surface area contributed by atoms with Crippen LogP contribution < -0.4 is 5.73 Å². The number of aryl methyl sites for hydroxylation is 1. The summed E-state index contributed by atoms with van der Waals surface area (Å²) in [5, 5.41) is 4.54. The van der Waals surface area contributed by atoms with Crippen LogP contribution in [0.1, 0.15) is 15.9 Å². The zero-order valence-electron chi connectivity index (χ0n) is 16.6. The van der Waals surface area contributed by atoms with E-state index in [0.29, 0.717) is 17.4 Å². The second-order valence-corrected chi connectivity index (χ2v) is 9.04. The number of carbonyl (C=O) groups is 1. The molecule has 32 heavy (non-hydrogen) atoms. The average Bonchev–Trinajstić information content (AvgIpc) is 3.35. The van der Waals surface area contributed by atoms with Gasteiger partial charge in [0.2, 0.25) is 0 Å². The Morgan fingerprint density at radius 2 is 1.88 bits per heavy atom. The molecule has 0 radical (unpaired) electrons. The van der Waals surface area contributed by atoms with E-state index < -0.39 is 15.8 Å². The lowest BCUT2D eigenvalue weighted by Gasteiger charge is -2.07. The van der Waals surface area contributed by atoms with Gasteiger partial charge >= 0.3 is 0 Å². The number of pyridine rings is 1. The quantitative estimate of drug-likeness (QED) is 0.417. The summed E-state index contributed by atoms with van der Waals surface area (Å²) in [6, 6.07) is 9.03. The summed E-state index contributed by atoms with van der Waals surface area (Å²) in [6.45, 7) is 1.85. The Morgan fingerprint density at radius 3 is 2.59 bits per heavy atom. The summed E-state index contributed by atoms with van der Waals surface area (Å²) in [6.07, 6.45) is 4.34. The van der Waals surface area contributed by atoms with Crippen LogP contribution in [-0.2, 0) is 10.0 Å². The zero-order valence-corrected chi connectivity index (χ0v) is 17.4. The monoisotopic (exact) mass is 450 g/mol. The molecule has 9 nitrogen and oxygen atoms in total. The number of halogens is 1. The maximum Gasteiger partial charge on any atom is 0.269 e. The first kappa shape index (κ1) is 19.8. The molecule has 1 aromatic carbocycles. The molecule has 5 aromatic rings. The van der Waals surface area contributed by atoms with Crippen LogP contribution in [0.3, 0.4) is 0 Å². The van der Waals surface area contributed by atoms with Gasteiger partial charge in [-0.25, -0.2) is 31.3 Å². The number of rotatable bonds is 4. The van der Waals surface area contributed by atoms with E-state index in [4.69, 9.17) is 5.73 Å². The summed E-state index contributed by atoms with van der Waals surface area (Å²) in [5.74, 6) is -0.518. The fourth-order valence-corrected chi connectivity index (χ4v) is 4.78. The fraction of sp³-hybridized carbons (Fsp3) is 0.0476. The van der Waals surface area contributed by atoms with E-state index in [1.807, 2.05) is 6.92 Å². The van der Waals surface area contributed by atoms with Crippen molar-refractivity contribution in [2.45, 2.75) is 11.8 Å². The van der Waals surface area contributed by atoms with Gasteiger partial charge in [0.15, 0.2) is 23.6 Å².